The lowest BCUT2D eigenvalue weighted by Crippen LogP contribution is -2.45. The molecule has 0 aliphatic carbocycles. The van der Waals surface area contributed by atoms with Crippen LogP contribution in [-0.2, 0) is 31.3 Å². The Morgan fingerprint density at radius 2 is 2.11 bits per heavy atom. The van der Waals surface area contributed by atoms with Gasteiger partial charge < -0.3 is 19.5 Å². The second-order valence-electron chi connectivity index (χ2n) is 6.48. The topological polar surface area (TPSA) is 67.6 Å². The Morgan fingerprint density at radius 1 is 1.32 bits per heavy atom. The van der Waals surface area contributed by atoms with E-state index < -0.39 is 11.6 Å². The summed E-state index contributed by atoms with van der Waals surface area (Å²) in [4.78, 5) is 6.63. The molecule has 28 heavy (non-hydrogen) atoms. The highest BCUT2D eigenvalue weighted by Crippen LogP contribution is 2.23. The molecule has 3 rings (SSSR count). The summed E-state index contributed by atoms with van der Waals surface area (Å²) in [6, 6.07) is 2.33. The van der Waals surface area contributed by atoms with Crippen LogP contribution in [0.2, 0.25) is 0 Å². The van der Waals surface area contributed by atoms with E-state index in [-0.39, 0.29) is 24.0 Å². The summed E-state index contributed by atoms with van der Waals surface area (Å²) in [7, 11) is 3.52. The van der Waals surface area contributed by atoms with E-state index in [4.69, 9.17) is 4.74 Å². The van der Waals surface area contributed by atoms with E-state index in [2.05, 4.69) is 20.5 Å². The maximum Gasteiger partial charge on any atom is 0.194 e. The van der Waals surface area contributed by atoms with E-state index in [9.17, 15) is 8.78 Å². The van der Waals surface area contributed by atoms with Gasteiger partial charge in [-0.2, -0.15) is 0 Å². The molecule has 0 radical (unpaired) electrons. The van der Waals surface area contributed by atoms with E-state index in [0.29, 0.717) is 56.3 Å². The zero-order chi connectivity index (χ0) is 19.4. The molecule has 0 spiro atoms. The van der Waals surface area contributed by atoms with Gasteiger partial charge in [-0.15, -0.1) is 34.2 Å². The number of aliphatic imine (C=N–C) groups is 1. The summed E-state index contributed by atoms with van der Waals surface area (Å²) in [5.41, 5.74) is 1.22. The predicted molar refractivity (Wildman–Crippen MR) is 113 cm³/mol. The van der Waals surface area contributed by atoms with Gasteiger partial charge in [0.2, 0.25) is 0 Å². The maximum atomic E-state index is 14.0. The molecule has 2 aromatic rings. The molecule has 0 atom stereocenters. The molecule has 1 aliphatic heterocycles. The molecule has 0 saturated heterocycles. The summed E-state index contributed by atoms with van der Waals surface area (Å²) < 4.78 is 34.6. The lowest BCUT2D eigenvalue weighted by atomic mass is 9.99. The Hall–Kier alpha value is -1.82. The highest BCUT2D eigenvalue weighted by Gasteiger charge is 2.22. The van der Waals surface area contributed by atoms with Crippen LogP contribution in [0, 0.1) is 18.6 Å². The number of methoxy groups -OCH3 is 1. The molecule has 0 fully saturated rings. The SMILES string of the molecule is COCCNC(=NCc1nnc(C)n1C)N1CCc2c(F)cc(F)cc2C1.I. The Kier molecular flexibility index (Phi) is 8.10. The Labute approximate surface area is 180 Å². The standard InChI is InChI=1S/C18H24F2N6O.HI/c1-12-23-24-17(25(12)2)10-22-18(21-5-7-27-3)26-6-4-15-13(11-26)8-14(19)9-16(15)20;/h8-9H,4-7,10-11H2,1-3H3,(H,21,22);1H. The molecule has 0 bridgehead atoms. The molecular weight excluding hydrogens is 481 g/mol. The first-order chi connectivity index (χ1) is 13.0. The van der Waals surface area contributed by atoms with Crippen molar-refractivity contribution in [2.24, 2.45) is 12.0 Å². The van der Waals surface area contributed by atoms with Gasteiger partial charge in [-0.3, -0.25) is 0 Å². The summed E-state index contributed by atoms with van der Waals surface area (Å²) in [5, 5.41) is 11.4. The number of aromatic nitrogens is 3. The predicted octanol–water partition coefficient (Wildman–Crippen LogP) is 2.17. The first-order valence-electron chi connectivity index (χ1n) is 8.83. The molecule has 0 unspecified atom stereocenters. The molecule has 0 amide bonds. The fourth-order valence-corrected chi connectivity index (χ4v) is 3.06. The molecule has 1 N–H and O–H groups in total. The van der Waals surface area contributed by atoms with Crippen LogP contribution in [0.15, 0.2) is 17.1 Å². The average molecular weight is 506 g/mol. The van der Waals surface area contributed by atoms with Crippen molar-refractivity contribution in [2.75, 3.05) is 26.8 Å². The fourth-order valence-electron chi connectivity index (χ4n) is 3.06. The average Bonchev–Trinajstić information content (AvgIpc) is 2.96. The van der Waals surface area contributed by atoms with Crippen molar-refractivity contribution in [1.82, 2.24) is 25.0 Å². The minimum Gasteiger partial charge on any atom is -0.383 e. The van der Waals surface area contributed by atoms with Gasteiger partial charge in [0.1, 0.15) is 24.0 Å². The van der Waals surface area contributed by atoms with Crippen LogP contribution < -0.4 is 5.32 Å². The summed E-state index contributed by atoms with van der Waals surface area (Å²) >= 11 is 0. The van der Waals surface area contributed by atoms with Gasteiger partial charge in [0.25, 0.3) is 0 Å². The largest absolute Gasteiger partial charge is 0.383 e. The Morgan fingerprint density at radius 3 is 2.79 bits per heavy atom. The van der Waals surface area contributed by atoms with Crippen LogP contribution in [0.5, 0.6) is 0 Å². The highest BCUT2D eigenvalue weighted by molar-refractivity contribution is 14.0. The summed E-state index contributed by atoms with van der Waals surface area (Å²) in [5.74, 6) is 1.17. The Bertz CT molecular complexity index is 842. The molecule has 154 valence electrons. The minimum atomic E-state index is -0.562. The summed E-state index contributed by atoms with van der Waals surface area (Å²) in [6.07, 6.45) is 0.496. The zero-order valence-electron chi connectivity index (χ0n) is 16.2. The van der Waals surface area contributed by atoms with Gasteiger partial charge in [-0.05, 0) is 30.5 Å². The maximum absolute atomic E-state index is 14.0. The number of guanidine groups is 1. The molecule has 1 aromatic carbocycles. The van der Waals surface area contributed by atoms with Gasteiger partial charge in [-0.25, -0.2) is 13.8 Å². The number of nitrogens with one attached hydrogen (secondary N) is 1. The van der Waals surface area contributed by atoms with Gasteiger partial charge >= 0.3 is 0 Å². The summed E-state index contributed by atoms with van der Waals surface area (Å²) in [6.45, 7) is 4.31. The van der Waals surface area contributed by atoms with Crippen LogP contribution in [0.25, 0.3) is 0 Å². The third-order valence-corrected chi connectivity index (χ3v) is 4.69. The fraction of sp³-hybridized carbons (Fsp3) is 0.500. The number of nitrogens with zero attached hydrogens (tertiary/aromatic N) is 5. The van der Waals surface area contributed by atoms with E-state index in [1.54, 1.807) is 7.11 Å². The lowest BCUT2D eigenvalue weighted by molar-refractivity contribution is 0.202. The normalized spacial score (nSPS) is 13.9. The second kappa shape index (κ2) is 10.1. The van der Waals surface area contributed by atoms with Crippen molar-refractivity contribution in [3.05, 3.63) is 46.5 Å². The number of benzene rings is 1. The van der Waals surface area contributed by atoms with Gasteiger partial charge in [0.15, 0.2) is 11.8 Å². The van der Waals surface area contributed by atoms with Crippen molar-refractivity contribution in [2.45, 2.75) is 26.4 Å². The van der Waals surface area contributed by atoms with Crippen molar-refractivity contribution in [3.8, 4) is 0 Å². The number of halogens is 3. The van der Waals surface area contributed by atoms with Gasteiger partial charge in [0, 0.05) is 39.9 Å². The lowest BCUT2D eigenvalue weighted by Gasteiger charge is -2.32. The molecular formula is C18H25F2IN6O. The van der Waals surface area contributed by atoms with Gasteiger partial charge in [-0.1, -0.05) is 0 Å². The van der Waals surface area contributed by atoms with Gasteiger partial charge in [0.05, 0.1) is 6.61 Å². The minimum absolute atomic E-state index is 0. The van der Waals surface area contributed by atoms with Crippen LogP contribution in [0.1, 0.15) is 22.8 Å². The van der Waals surface area contributed by atoms with Crippen molar-refractivity contribution < 1.29 is 13.5 Å². The highest BCUT2D eigenvalue weighted by atomic mass is 127. The monoisotopic (exact) mass is 506 g/mol. The van der Waals surface area contributed by atoms with Crippen molar-refractivity contribution in [1.29, 1.82) is 0 Å². The second-order valence-corrected chi connectivity index (χ2v) is 6.48. The van der Waals surface area contributed by atoms with E-state index >= 15 is 0 Å². The van der Waals surface area contributed by atoms with Crippen LogP contribution in [-0.4, -0.2) is 52.4 Å². The third kappa shape index (κ3) is 5.16. The molecule has 1 aliphatic rings. The Balaban J connectivity index is 0.00000280. The van der Waals surface area contributed by atoms with Crippen LogP contribution in [0.3, 0.4) is 0 Å². The first kappa shape index (κ1) is 22.5. The van der Waals surface area contributed by atoms with E-state index in [1.807, 2.05) is 23.4 Å². The van der Waals surface area contributed by atoms with Crippen molar-refractivity contribution in [3.63, 3.8) is 0 Å². The van der Waals surface area contributed by atoms with E-state index in [1.165, 1.54) is 6.07 Å². The first-order valence-corrected chi connectivity index (χ1v) is 8.83. The smallest absolute Gasteiger partial charge is 0.194 e. The number of hydrogen-bond donors (Lipinski definition) is 1. The number of fused-ring (bicyclic) bond motifs is 1. The number of hydrogen-bond acceptors (Lipinski definition) is 4. The van der Waals surface area contributed by atoms with E-state index in [0.717, 1.165) is 17.7 Å². The third-order valence-electron chi connectivity index (χ3n) is 4.69. The molecule has 2 heterocycles. The molecule has 1 aromatic heterocycles. The number of ether oxygens (including phenoxy) is 1. The molecule has 0 saturated carbocycles. The zero-order valence-corrected chi connectivity index (χ0v) is 18.5. The van der Waals surface area contributed by atoms with Crippen molar-refractivity contribution >= 4 is 29.9 Å². The molecule has 7 nitrogen and oxygen atoms in total. The van der Waals surface area contributed by atoms with Crippen LogP contribution >= 0.6 is 24.0 Å². The quantitative estimate of drug-likeness (QED) is 0.292. The number of rotatable bonds is 5. The number of aryl methyl sites for hydroxylation is 1. The molecule has 10 heteroatoms. The van der Waals surface area contributed by atoms with Crippen LogP contribution in [0.4, 0.5) is 8.78 Å².